The highest BCUT2D eigenvalue weighted by Crippen LogP contribution is 2.12. The molecule has 0 amide bonds. The van der Waals surface area contributed by atoms with Crippen LogP contribution in [0.2, 0.25) is 0 Å². The van der Waals surface area contributed by atoms with Crippen LogP contribution in [0.3, 0.4) is 0 Å². The maximum absolute atomic E-state index is 11.3. The van der Waals surface area contributed by atoms with E-state index in [0.717, 1.165) is 32.1 Å². The molecular weight excluding hydrogens is 328 g/mol. The molecule has 1 atom stereocenters. The summed E-state index contributed by atoms with van der Waals surface area (Å²) in [6.07, 6.45) is 8.46. The quantitative estimate of drug-likeness (QED) is 0.213. The fourth-order valence-corrected chi connectivity index (χ4v) is 2.03. The molecule has 0 aromatic rings. The summed E-state index contributed by atoms with van der Waals surface area (Å²) in [4.78, 5) is 33.2. The number of carbonyl (C=O) groups is 3. The molecule has 0 aliphatic rings. The Hall–Kier alpha value is -2.31. The van der Waals surface area contributed by atoms with Gasteiger partial charge in [-0.25, -0.2) is 9.59 Å². The largest absolute Gasteiger partial charge is 0.508 e. The molecule has 0 aliphatic heterocycles. The molecular formula is C18H28O7. The Bertz CT molecular complexity index is 443. The van der Waals surface area contributed by atoms with Gasteiger partial charge < -0.3 is 18.9 Å². The zero-order chi connectivity index (χ0) is 18.9. The number of ether oxygens (including phenoxy) is 4. The second-order valence-electron chi connectivity index (χ2n) is 5.28. The highest BCUT2D eigenvalue weighted by molar-refractivity contribution is 5.88. The Labute approximate surface area is 149 Å². The summed E-state index contributed by atoms with van der Waals surface area (Å²) in [5.74, 6) is 0.0749. The molecule has 0 rings (SSSR count). The summed E-state index contributed by atoms with van der Waals surface area (Å²) in [5, 5.41) is 0. The third-order valence-corrected chi connectivity index (χ3v) is 3.37. The van der Waals surface area contributed by atoms with E-state index in [0.29, 0.717) is 12.8 Å². The summed E-state index contributed by atoms with van der Waals surface area (Å²) in [6, 6.07) is 0. The number of rotatable bonds is 13. The number of hydrogen-bond donors (Lipinski definition) is 0. The molecule has 1 unspecified atom stereocenters. The number of allylic oxidation sites excluding steroid dienone is 1. The lowest BCUT2D eigenvalue weighted by Gasteiger charge is -2.13. The van der Waals surface area contributed by atoms with Crippen LogP contribution in [0.25, 0.3) is 0 Å². The second kappa shape index (κ2) is 15.2. The van der Waals surface area contributed by atoms with Gasteiger partial charge in [-0.2, -0.15) is 0 Å². The van der Waals surface area contributed by atoms with Crippen LogP contribution in [-0.4, -0.2) is 45.0 Å². The van der Waals surface area contributed by atoms with Gasteiger partial charge in [0.25, 0.3) is 0 Å². The zero-order valence-electron chi connectivity index (χ0n) is 15.0. The average molecular weight is 356 g/mol. The Kier molecular flexibility index (Phi) is 13.8. The van der Waals surface area contributed by atoms with Gasteiger partial charge in [0, 0.05) is 6.42 Å². The van der Waals surface area contributed by atoms with Gasteiger partial charge in [0.1, 0.15) is 12.7 Å². The van der Waals surface area contributed by atoms with Gasteiger partial charge in [-0.05, 0) is 37.5 Å². The standard InChI is InChI=1S/C18H28O7/c1-4-15(19)11-8-6-5-7-9-12-16(25-18(21)23-3)13-10-14-24-17(20)22-2/h4,10,13,16H,1,5-9,11-12,14H2,2-3H3/b13-10+. The fourth-order valence-electron chi connectivity index (χ4n) is 2.03. The molecule has 0 spiro atoms. The molecule has 0 aromatic heterocycles. The van der Waals surface area contributed by atoms with Crippen molar-refractivity contribution >= 4 is 18.1 Å². The average Bonchev–Trinajstić information content (AvgIpc) is 2.63. The smallest absolute Gasteiger partial charge is 0.438 e. The predicted octanol–water partition coefficient (Wildman–Crippen LogP) is 3.96. The van der Waals surface area contributed by atoms with E-state index < -0.39 is 18.4 Å². The first-order valence-electron chi connectivity index (χ1n) is 8.30. The van der Waals surface area contributed by atoms with Crippen LogP contribution in [0.15, 0.2) is 24.8 Å². The van der Waals surface area contributed by atoms with Crippen LogP contribution in [0.1, 0.15) is 44.9 Å². The summed E-state index contributed by atoms with van der Waals surface area (Å²) in [7, 11) is 2.47. The van der Waals surface area contributed by atoms with E-state index in [-0.39, 0.29) is 12.4 Å². The van der Waals surface area contributed by atoms with Gasteiger partial charge in [0.15, 0.2) is 5.78 Å². The maximum atomic E-state index is 11.3. The minimum Gasteiger partial charge on any atom is -0.438 e. The zero-order valence-corrected chi connectivity index (χ0v) is 15.0. The van der Waals surface area contributed by atoms with E-state index in [1.54, 1.807) is 12.2 Å². The van der Waals surface area contributed by atoms with E-state index >= 15 is 0 Å². The molecule has 0 saturated carbocycles. The number of unbranched alkanes of at least 4 members (excludes halogenated alkanes) is 4. The number of methoxy groups -OCH3 is 2. The van der Waals surface area contributed by atoms with Gasteiger partial charge >= 0.3 is 12.3 Å². The third kappa shape index (κ3) is 13.8. The van der Waals surface area contributed by atoms with Crippen LogP contribution in [0.5, 0.6) is 0 Å². The maximum Gasteiger partial charge on any atom is 0.508 e. The van der Waals surface area contributed by atoms with E-state index in [1.165, 1.54) is 20.3 Å². The van der Waals surface area contributed by atoms with E-state index in [2.05, 4.69) is 16.1 Å². The van der Waals surface area contributed by atoms with E-state index in [4.69, 9.17) is 9.47 Å². The molecule has 25 heavy (non-hydrogen) atoms. The molecule has 0 fully saturated rings. The van der Waals surface area contributed by atoms with Gasteiger partial charge in [-0.1, -0.05) is 25.8 Å². The molecule has 0 bridgehead atoms. The minimum absolute atomic E-state index is 0.0328. The number of carbonyl (C=O) groups excluding carboxylic acids is 3. The fraction of sp³-hybridized carbons (Fsp3) is 0.611. The third-order valence-electron chi connectivity index (χ3n) is 3.37. The summed E-state index contributed by atoms with van der Waals surface area (Å²) >= 11 is 0. The summed E-state index contributed by atoms with van der Waals surface area (Å²) in [5.41, 5.74) is 0. The van der Waals surface area contributed by atoms with Crippen molar-refractivity contribution in [3.63, 3.8) is 0 Å². The molecule has 0 aliphatic carbocycles. The summed E-state index contributed by atoms with van der Waals surface area (Å²) in [6.45, 7) is 3.47. The predicted molar refractivity (Wildman–Crippen MR) is 92.3 cm³/mol. The lowest BCUT2D eigenvalue weighted by molar-refractivity contribution is -0.114. The lowest BCUT2D eigenvalue weighted by atomic mass is 10.1. The molecule has 0 radical (unpaired) electrons. The van der Waals surface area contributed by atoms with Gasteiger partial charge in [0.2, 0.25) is 0 Å². The Morgan fingerprint density at radius 3 is 2.24 bits per heavy atom. The van der Waals surface area contributed by atoms with Crippen molar-refractivity contribution in [1.82, 2.24) is 0 Å². The molecule has 0 saturated heterocycles. The van der Waals surface area contributed by atoms with Crippen molar-refractivity contribution < 1.29 is 33.3 Å². The van der Waals surface area contributed by atoms with E-state index in [1.807, 2.05) is 0 Å². The molecule has 0 heterocycles. The van der Waals surface area contributed by atoms with Crippen molar-refractivity contribution in [2.75, 3.05) is 20.8 Å². The van der Waals surface area contributed by atoms with Gasteiger partial charge in [0.05, 0.1) is 14.2 Å². The van der Waals surface area contributed by atoms with Crippen molar-refractivity contribution in [2.45, 2.75) is 51.0 Å². The number of hydrogen-bond acceptors (Lipinski definition) is 7. The molecule has 7 heteroatoms. The molecule has 0 aromatic carbocycles. The first kappa shape index (κ1) is 22.7. The van der Waals surface area contributed by atoms with Crippen LogP contribution < -0.4 is 0 Å². The topological polar surface area (TPSA) is 88.1 Å². The normalized spacial score (nSPS) is 11.6. The van der Waals surface area contributed by atoms with Crippen molar-refractivity contribution in [3.8, 4) is 0 Å². The Balaban J connectivity index is 4.03. The molecule has 0 N–H and O–H groups in total. The van der Waals surface area contributed by atoms with Crippen molar-refractivity contribution in [2.24, 2.45) is 0 Å². The van der Waals surface area contributed by atoms with Crippen molar-refractivity contribution in [3.05, 3.63) is 24.8 Å². The first-order valence-corrected chi connectivity index (χ1v) is 8.30. The van der Waals surface area contributed by atoms with Crippen LogP contribution in [0.4, 0.5) is 9.59 Å². The molecule has 7 nitrogen and oxygen atoms in total. The van der Waals surface area contributed by atoms with Crippen molar-refractivity contribution in [1.29, 1.82) is 0 Å². The Morgan fingerprint density at radius 2 is 1.60 bits per heavy atom. The second-order valence-corrected chi connectivity index (χ2v) is 5.28. The van der Waals surface area contributed by atoms with E-state index in [9.17, 15) is 14.4 Å². The van der Waals surface area contributed by atoms with Gasteiger partial charge in [-0.15, -0.1) is 0 Å². The van der Waals surface area contributed by atoms with Gasteiger partial charge in [-0.3, -0.25) is 4.79 Å². The lowest BCUT2D eigenvalue weighted by Crippen LogP contribution is -2.16. The SMILES string of the molecule is C=CC(=O)CCCCCCCC(/C=C/COC(=O)OC)OC(=O)OC. The van der Waals surface area contributed by atoms with Crippen LogP contribution in [0, 0.1) is 0 Å². The van der Waals surface area contributed by atoms with Crippen LogP contribution >= 0.6 is 0 Å². The summed E-state index contributed by atoms with van der Waals surface area (Å²) < 4.78 is 18.7. The minimum atomic E-state index is -0.773. The highest BCUT2D eigenvalue weighted by Gasteiger charge is 2.11. The first-order chi connectivity index (χ1) is 12.0. The highest BCUT2D eigenvalue weighted by atomic mass is 16.7. The monoisotopic (exact) mass is 356 g/mol. The van der Waals surface area contributed by atoms with Crippen LogP contribution in [-0.2, 0) is 23.7 Å². The molecule has 142 valence electrons. The Morgan fingerprint density at radius 1 is 0.960 bits per heavy atom. The number of ketones is 1.